The van der Waals surface area contributed by atoms with Gasteiger partial charge in [-0.15, -0.1) is 0 Å². The van der Waals surface area contributed by atoms with Gasteiger partial charge < -0.3 is 19.7 Å². The van der Waals surface area contributed by atoms with Crippen molar-refractivity contribution < 1.29 is 19.1 Å². The molecule has 3 rings (SSSR count). The molecule has 2 aromatic rings. The number of piperidine rings is 1. The molecule has 0 aromatic heterocycles. The highest BCUT2D eigenvalue weighted by Crippen LogP contribution is 2.30. The minimum atomic E-state index is -0.113. The van der Waals surface area contributed by atoms with Gasteiger partial charge in [-0.05, 0) is 48.6 Å². The van der Waals surface area contributed by atoms with Gasteiger partial charge in [-0.3, -0.25) is 9.59 Å². The molecular weight excluding hydrogens is 380 g/mol. The van der Waals surface area contributed by atoms with E-state index in [1.165, 1.54) is 5.56 Å². The average Bonchev–Trinajstić information content (AvgIpc) is 2.78. The normalized spacial score (nSPS) is 14.5. The number of hydrogen-bond acceptors (Lipinski definition) is 4. The number of carbonyl (C=O) groups is 2. The second-order valence-electron chi connectivity index (χ2n) is 7.85. The van der Waals surface area contributed by atoms with E-state index in [2.05, 4.69) is 19.2 Å². The number of benzene rings is 2. The summed E-state index contributed by atoms with van der Waals surface area (Å²) in [6.45, 7) is 5.39. The average molecular weight is 411 g/mol. The molecule has 6 nitrogen and oxygen atoms in total. The highest BCUT2D eigenvalue weighted by Gasteiger charge is 2.28. The van der Waals surface area contributed by atoms with Gasteiger partial charge in [0.15, 0.2) is 0 Å². The van der Waals surface area contributed by atoms with Crippen LogP contribution in [0, 0.1) is 0 Å². The monoisotopic (exact) mass is 410 g/mol. The molecule has 0 radical (unpaired) electrons. The lowest BCUT2D eigenvalue weighted by Crippen LogP contribution is -2.46. The maximum absolute atomic E-state index is 13.1. The lowest BCUT2D eigenvalue weighted by Gasteiger charge is -2.33. The standard InChI is InChI=1S/C24H30N2O4/c1-16(2)17-8-10-18(11-9-17)23(27)25-19-12-14-26(15-13-19)24(28)22-20(29-3)6-5-7-21(22)30-4/h5-11,16,19H,12-15H2,1-4H3,(H,25,27). The fourth-order valence-corrected chi connectivity index (χ4v) is 3.74. The van der Waals surface area contributed by atoms with Gasteiger partial charge in [0.25, 0.3) is 11.8 Å². The Kier molecular flexibility index (Phi) is 6.98. The van der Waals surface area contributed by atoms with E-state index in [0.717, 1.165) is 0 Å². The van der Waals surface area contributed by atoms with Gasteiger partial charge >= 0.3 is 0 Å². The molecule has 1 aliphatic rings. The second-order valence-corrected chi connectivity index (χ2v) is 7.85. The summed E-state index contributed by atoms with van der Waals surface area (Å²) < 4.78 is 10.7. The SMILES string of the molecule is COc1cccc(OC)c1C(=O)N1CCC(NC(=O)c2ccc(C(C)C)cc2)CC1. The molecule has 0 saturated carbocycles. The summed E-state index contributed by atoms with van der Waals surface area (Å²) in [6, 6.07) is 13.1. The molecule has 160 valence electrons. The van der Waals surface area contributed by atoms with Gasteiger partial charge in [-0.25, -0.2) is 0 Å². The van der Waals surface area contributed by atoms with Crippen LogP contribution in [0.3, 0.4) is 0 Å². The van der Waals surface area contributed by atoms with Gasteiger partial charge in [0, 0.05) is 24.7 Å². The van der Waals surface area contributed by atoms with Gasteiger partial charge in [0.05, 0.1) is 14.2 Å². The minimum absolute atomic E-state index is 0.0471. The Morgan fingerprint density at radius 2 is 1.53 bits per heavy atom. The van der Waals surface area contributed by atoms with Crippen LogP contribution in [0.5, 0.6) is 11.5 Å². The summed E-state index contributed by atoms with van der Waals surface area (Å²) in [7, 11) is 3.09. The lowest BCUT2D eigenvalue weighted by atomic mass is 10.0. The summed E-state index contributed by atoms with van der Waals surface area (Å²) in [4.78, 5) is 27.4. The van der Waals surface area contributed by atoms with Crippen LogP contribution in [0.2, 0.25) is 0 Å². The molecule has 1 saturated heterocycles. The van der Waals surface area contributed by atoms with Gasteiger partial charge in [0.1, 0.15) is 17.1 Å². The van der Waals surface area contributed by atoms with E-state index in [-0.39, 0.29) is 17.9 Å². The summed E-state index contributed by atoms with van der Waals surface area (Å²) in [5, 5.41) is 3.10. The molecular formula is C24H30N2O4. The van der Waals surface area contributed by atoms with Crippen molar-refractivity contribution in [1.82, 2.24) is 10.2 Å². The smallest absolute Gasteiger partial charge is 0.261 e. The number of likely N-dealkylation sites (tertiary alicyclic amines) is 1. The topological polar surface area (TPSA) is 67.9 Å². The highest BCUT2D eigenvalue weighted by atomic mass is 16.5. The number of rotatable bonds is 6. The fraction of sp³-hybridized carbons (Fsp3) is 0.417. The molecule has 30 heavy (non-hydrogen) atoms. The fourth-order valence-electron chi connectivity index (χ4n) is 3.74. The van der Waals surface area contributed by atoms with Crippen molar-refractivity contribution in [2.24, 2.45) is 0 Å². The predicted molar refractivity (Wildman–Crippen MR) is 116 cm³/mol. The Hall–Kier alpha value is -3.02. The van der Waals surface area contributed by atoms with Crippen LogP contribution >= 0.6 is 0 Å². The van der Waals surface area contributed by atoms with Crippen LogP contribution in [0.1, 0.15) is 58.9 Å². The molecule has 0 bridgehead atoms. The van der Waals surface area contributed by atoms with Crippen LogP contribution < -0.4 is 14.8 Å². The van der Waals surface area contributed by atoms with Crippen molar-refractivity contribution in [3.05, 3.63) is 59.2 Å². The Labute approximate surface area is 178 Å². The Morgan fingerprint density at radius 1 is 0.967 bits per heavy atom. The summed E-state index contributed by atoms with van der Waals surface area (Å²) in [6.07, 6.45) is 1.41. The lowest BCUT2D eigenvalue weighted by molar-refractivity contribution is 0.0691. The predicted octanol–water partition coefficient (Wildman–Crippen LogP) is 3.86. The number of hydrogen-bond donors (Lipinski definition) is 1. The first kappa shape index (κ1) is 21.7. The van der Waals surface area contributed by atoms with E-state index in [0.29, 0.717) is 54.5 Å². The van der Waals surface area contributed by atoms with E-state index in [9.17, 15) is 9.59 Å². The van der Waals surface area contributed by atoms with E-state index < -0.39 is 0 Å². The number of methoxy groups -OCH3 is 2. The van der Waals surface area contributed by atoms with Gasteiger partial charge in [-0.2, -0.15) is 0 Å². The van der Waals surface area contributed by atoms with Crippen molar-refractivity contribution >= 4 is 11.8 Å². The molecule has 2 aromatic carbocycles. The largest absolute Gasteiger partial charge is 0.496 e. The number of nitrogens with zero attached hydrogens (tertiary/aromatic N) is 1. The molecule has 0 spiro atoms. The third-order valence-electron chi connectivity index (χ3n) is 5.60. The van der Waals surface area contributed by atoms with Crippen molar-refractivity contribution in [2.45, 2.75) is 38.6 Å². The quantitative estimate of drug-likeness (QED) is 0.785. The van der Waals surface area contributed by atoms with Crippen LogP contribution in [-0.4, -0.2) is 50.1 Å². The van der Waals surface area contributed by atoms with Crippen LogP contribution in [0.4, 0.5) is 0 Å². The number of carbonyl (C=O) groups excluding carboxylic acids is 2. The maximum Gasteiger partial charge on any atom is 0.261 e. The van der Waals surface area contributed by atoms with Crippen LogP contribution in [0.15, 0.2) is 42.5 Å². The zero-order chi connectivity index (χ0) is 21.7. The van der Waals surface area contributed by atoms with Crippen LogP contribution in [-0.2, 0) is 0 Å². The Bertz CT molecular complexity index is 862. The number of nitrogens with one attached hydrogen (secondary N) is 1. The van der Waals surface area contributed by atoms with Crippen LogP contribution in [0.25, 0.3) is 0 Å². The molecule has 1 N–H and O–H groups in total. The zero-order valence-corrected chi connectivity index (χ0v) is 18.1. The molecule has 0 unspecified atom stereocenters. The molecule has 0 aliphatic carbocycles. The molecule has 6 heteroatoms. The molecule has 2 amide bonds. The highest BCUT2D eigenvalue weighted by molar-refractivity contribution is 6.00. The van der Waals surface area contributed by atoms with E-state index >= 15 is 0 Å². The first-order chi connectivity index (χ1) is 14.4. The summed E-state index contributed by atoms with van der Waals surface area (Å²) in [5.41, 5.74) is 2.32. The molecule has 0 atom stereocenters. The van der Waals surface area contributed by atoms with Crippen molar-refractivity contribution in [2.75, 3.05) is 27.3 Å². The van der Waals surface area contributed by atoms with Gasteiger partial charge in [-0.1, -0.05) is 32.0 Å². The summed E-state index contributed by atoms with van der Waals surface area (Å²) >= 11 is 0. The third kappa shape index (κ3) is 4.75. The minimum Gasteiger partial charge on any atom is -0.496 e. The molecule has 1 fully saturated rings. The molecule has 1 heterocycles. The van der Waals surface area contributed by atoms with E-state index in [4.69, 9.17) is 9.47 Å². The van der Waals surface area contributed by atoms with E-state index in [1.807, 2.05) is 24.3 Å². The van der Waals surface area contributed by atoms with Crippen molar-refractivity contribution in [1.29, 1.82) is 0 Å². The number of ether oxygens (including phenoxy) is 2. The Morgan fingerprint density at radius 3 is 2.03 bits per heavy atom. The van der Waals surface area contributed by atoms with Crippen molar-refractivity contribution in [3.63, 3.8) is 0 Å². The van der Waals surface area contributed by atoms with E-state index in [1.54, 1.807) is 37.3 Å². The number of amides is 2. The first-order valence-corrected chi connectivity index (χ1v) is 10.4. The first-order valence-electron chi connectivity index (χ1n) is 10.4. The Balaban J connectivity index is 1.60. The van der Waals surface area contributed by atoms with Crippen molar-refractivity contribution in [3.8, 4) is 11.5 Å². The zero-order valence-electron chi connectivity index (χ0n) is 18.1. The summed E-state index contributed by atoms with van der Waals surface area (Å²) in [5.74, 6) is 1.25. The maximum atomic E-state index is 13.1. The third-order valence-corrected chi connectivity index (χ3v) is 5.60. The second kappa shape index (κ2) is 9.65. The van der Waals surface area contributed by atoms with Gasteiger partial charge in [0.2, 0.25) is 0 Å². The molecule has 1 aliphatic heterocycles.